The summed E-state index contributed by atoms with van der Waals surface area (Å²) >= 11 is 5.95. The zero-order valence-corrected chi connectivity index (χ0v) is 13.4. The third kappa shape index (κ3) is 2.43. The smallest absolute Gasteiger partial charge is 0.261 e. The molecule has 1 amide bonds. The van der Waals surface area contributed by atoms with Gasteiger partial charge in [-0.05, 0) is 36.8 Å². The molecule has 0 atom stereocenters. The molecule has 1 aromatic carbocycles. The number of aliphatic hydroxyl groups is 1. The van der Waals surface area contributed by atoms with Crippen LogP contribution >= 0.6 is 11.6 Å². The highest BCUT2D eigenvalue weighted by Crippen LogP contribution is 2.31. The van der Waals surface area contributed by atoms with Crippen LogP contribution in [0, 0.1) is 0 Å². The van der Waals surface area contributed by atoms with Crippen LogP contribution in [-0.4, -0.2) is 20.4 Å². The summed E-state index contributed by atoms with van der Waals surface area (Å²) in [6.07, 6.45) is 2.96. The monoisotopic (exact) mass is 339 g/mol. The summed E-state index contributed by atoms with van der Waals surface area (Å²) in [5, 5.41) is 13.6. The normalized spacial score (nSPS) is 13.9. The first kappa shape index (κ1) is 14.8. The Balaban J connectivity index is 1.76. The lowest BCUT2D eigenvalue weighted by atomic mass is 9.97. The molecule has 1 aliphatic rings. The molecule has 4 rings (SSSR count). The molecule has 24 heavy (non-hydrogen) atoms. The van der Waals surface area contributed by atoms with E-state index in [1.807, 2.05) is 28.8 Å². The predicted octanol–water partition coefficient (Wildman–Crippen LogP) is 3.84. The number of carbonyl (C=O) groups is 1. The zero-order chi connectivity index (χ0) is 16.7. The molecule has 3 aromatic rings. The molecule has 0 spiro atoms. The van der Waals surface area contributed by atoms with Gasteiger partial charge < -0.3 is 14.8 Å². The fourth-order valence-electron chi connectivity index (χ4n) is 2.98. The van der Waals surface area contributed by atoms with Crippen molar-refractivity contribution in [2.45, 2.75) is 12.8 Å². The van der Waals surface area contributed by atoms with Gasteiger partial charge in [-0.15, -0.1) is 0 Å². The van der Waals surface area contributed by atoms with E-state index in [1.54, 1.807) is 24.3 Å². The summed E-state index contributed by atoms with van der Waals surface area (Å²) in [6.45, 7) is 0. The van der Waals surface area contributed by atoms with Gasteiger partial charge in [0.05, 0.1) is 5.69 Å². The predicted molar refractivity (Wildman–Crippen MR) is 93.1 cm³/mol. The lowest BCUT2D eigenvalue weighted by Gasteiger charge is -2.16. The second-order valence-electron chi connectivity index (χ2n) is 5.62. The number of imidazole rings is 1. The number of nitrogens with one attached hydrogen (secondary N) is 1. The van der Waals surface area contributed by atoms with Crippen molar-refractivity contribution >= 4 is 34.4 Å². The molecule has 2 N–H and O–H groups in total. The van der Waals surface area contributed by atoms with Crippen LogP contribution in [0.4, 0.5) is 5.69 Å². The zero-order valence-electron chi connectivity index (χ0n) is 12.7. The highest BCUT2D eigenvalue weighted by molar-refractivity contribution is 6.31. The number of halogens is 1. The number of hydrogen-bond donors (Lipinski definition) is 2. The number of aliphatic hydroxyl groups excluding tert-OH is 1. The maximum Gasteiger partial charge on any atom is 0.261 e. The molecule has 0 saturated carbocycles. The van der Waals surface area contributed by atoms with Crippen molar-refractivity contribution < 1.29 is 9.90 Å². The fraction of sp³-hybridized carbons (Fsp3) is 0.111. The summed E-state index contributed by atoms with van der Waals surface area (Å²) in [4.78, 5) is 17.2. The van der Waals surface area contributed by atoms with Gasteiger partial charge in [-0.1, -0.05) is 23.7 Å². The van der Waals surface area contributed by atoms with Crippen molar-refractivity contribution in [3.8, 4) is 0 Å². The van der Waals surface area contributed by atoms with Gasteiger partial charge in [-0.2, -0.15) is 0 Å². The second kappa shape index (κ2) is 5.69. The number of rotatable bonds is 2. The Labute approximate surface area is 143 Å². The van der Waals surface area contributed by atoms with E-state index in [4.69, 9.17) is 11.6 Å². The number of anilines is 1. The summed E-state index contributed by atoms with van der Waals surface area (Å²) in [7, 11) is 0. The maximum absolute atomic E-state index is 12.7. The molecule has 0 radical (unpaired) electrons. The van der Waals surface area contributed by atoms with Crippen LogP contribution in [0.5, 0.6) is 0 Å². The number of hydrogen-bond acceptors (Lipinski definition) is 3. The first-order chi connectivity index (χ1) is 11.6. The van der Waals surface area contributed by atoms with Crippen molar-refractivity contribution in [2.24, 2.45) is 0 Å². The highest BCUT2D eigenvalue weighted by atomic mass is 35.5. The Bertz CT molecular complexity index is 991. The van der Waals surface area contributed by atoms with Crippen LogP contribution in [-0.2, 0) is 11.2 Å². The molecular formula is C18H14ClN3O2. The quantitative estimate of drug-likeness (QED) is 0.745. The molecule has 2 heterocycles. The molecule has 6 heteroatoms. The highest BCUT2D eigenvalue weighted by Gasteiger charge is 2.28. The van der Waals surface area contributed by atoms with Crippen LogP contribution in [0.1, 0.15) is 17.8 Å². The Hall–Kier alpha value is -2.79. The third-order valence-electron chi connectivity index (χ3n) is 4.06. The van der Waals surface area contributed by atoms with Crippen LogP contribution in [0.15, 0.2) is 54.4 Å². The minimum Gasteiger partial charge on any atom is -0.511 e. The number of nitrogens with zero attached hydrogens (tertiary/aromatic N) is 2. The Kier molecular flexibility index (Phi) is 3.50. The lowest BCUT2D eigenvalue weighted by molar-refractivity contribution is -0.111. The van der Waals surface area contributed by atoms with Gasteiger partial charge in [0.2, 0.25) is 0 Å². The van der Waals surface area contributed by atoms with Gasteiger partial charge in [0.25, 0.3) is 5.91 Å². The van der Waals surface area contributed by atoms with Gasteiger partial charge in [0, 0.05) is 23.3 Å². The van der Waals surface area contributed by atoms with Crippen molar-refractivity contribution in [3.05, 3.63) is 70.8 Å². The van der Waals surface area contributed by atoms with E-state index in [1.165, 1.54) is 0 Å². The second-order valence-corrected chi connectivity index (χ2v) is 6.06. The fourth-order valence-corrected chi connectivity index (χ4v) is 3.17. The van der Waals surface area contributed by atoms with Crippen LogP contribution in [0.2, 0.25) is 5.02 Å². The largest absolute Gasteiger partial charge is 0.511 e. The summed E-state index contributed by atoms with van der Waals surface area (Å²) in [5.74, 6) is -0.329. The molecule has 2 aromatic heterocycles. The van der Waals surface area contributed by atoms with E-state index >= 15 is 0 Å². The topological polar surface area (TPSA) is 66.6 Å². The van der Waals surface area contributed by atoms with E-state index < -0.39 is 0 Å². The molecule has 0 fully saturated rings. The first-order valence-electron chi connectivity index (χ1n) is 7.59. The van der Waals surface area contributed by atoms with Crippen LogP contribution in [0.3, 0.4) is 0 Å². The minimum absolute atomic E-state index is 0.0606. The maximum atomic E-state index is 12.7. The third-order valence-corrected chi connectivity index (χ3v) is 4.30. The Morgan fingerprint density at radius 1 is 1.21 bits per heavy atom. The molecule has 0 unspecified atom stereocenters. The number of fused-ring (bicyclic) bond motifs is 3. The lowest BCUT2D eigenvalue weighted by Crippen LogP contribution is -2.19. The number of pyridine rings is 1. The number of aryl methyl sites for hydroxylation is 1. The van der Waals surface area contributed by atoms with Gasteiger partial charge in [0.15, 0.2) is 0 Å². The number of amides is 1. The van der Waals surface area contributed by atoms with Gasteiger partial charge in [0.1, 0.15) is 22.7 Å². The Morgan fingerprint density at radius 2 is 2.08 bits per heavy atom. The molecule has 0 bridgehead atoms. The summed E-state index contributed by atoms with van der Waals surface area (Å²) in [6, 6.07) is 12.6. The Morgan fingerprint density at radius 3 is 2.92 bits per heavy atom. The van der Waals surface area contributed by atoms with Crippen LogP contribution in [0.25, 0.3) is 11.2 Å². The molecule has 120 valence electrons. The van der Waals surface area contributed by atoms with Crippen molar-refractivity contribution in [3.63, 3.8) is 0 Å². The number of allylic oxidation sites excluding steroid dienone is 1. The minimum atomic E-state index is -0.390. The summed E-state index contributed by atoms with van der Waals surface area (Å²) in [5.41, 5.74) is 3.01. The summed E-state index contributed by atoms with van der Waals surface area (Å²) < 4.78 is 1.95. The molecular weight excluding hydrogens is 326 g/mol. The van der Waals surface area contributed by atoms with E-state index in [9.17, 15) is 9.90 Å². The van der Waals surface area contributed by atoms with E-state index in [2.05, 4.69) is 10.3 Å². The average molecular weight is 340 g/mol. The van der Waals surface area contributed by atoms with Crippen molar-refractivity contribution in [1.29, 1.82) is 0 Å². The van der Waals surface area contributed by atoms with Crippen molar-refractivity contribution in [2.75, 3.05) is 5.32 Å². The van der Waals surface area contributed by atoms with E-state index in [0.29, 0.717) is 29.2 Å². The number of benzene rings is 1. The average Bonchev–Trinajstić information content (AvgIpc) is 2.92. The van der Waals surface area contributed by atoms with Crippen LogP contribution < -0.4 is 5.32 Å². The van der Waals surface area contributed by atoms with E-state index in [-0.39, 0.29) is 17.2 Å². The standard InChI is InChI=1S/C18H14ClN3O2/c19-11-4-3-5-12(10-11)20-18(24)16-14(23)8-7-13-17(16)21-15-6-1-2-9-22(13)15/h1-6,9-10,23H,7-8H2,(H,20,24). The van der Waals surface area contributed by atoms with Gasteiger partial charge in [-0.3, -0.25) is 4.79 Å². The van der Waals surface area contributed by atoms with Crippen molar-refractivity contribution in [1.82, 2.24) is 9.38 Å². The van der Waals surface area contributed by atoms with Gasteiger partial charge in [-0.25, -0.2) is 4.98 Å². The van der Waals surface area contributed by atoms with E-state index in [0.717, 1.165) is 11.3 Å². The molecule has 0 aliphatic heterocycles. The first-order valence-corrected chi connectivity index (χ1v) is 7.96. The molecule has 1 aliphatic carbocycles. The molecule has 5 nitrogen and oxygen atoms in total. The number of aromatic nitrogens is 2. The van der Waals surface area contributed by atoms with Gasteiger partial charge >= 0.3 is 0 Å². The molecule has 0 saturated heterocycles. The number of carbonyl (C=O) groups excluding carboxylic acids is 1. The SMILES string of the molecule is O=C(Nc1cccc(Cl)c1)C1=C(O)CCc2c1nc1ccccn21.